The number of hydrogen-bond acceptors (Lipinski definition) is 4. The van der Waals surface area contributed by atoms with E-state index in [2.05, 4.69) is 20.8 Å². The van der Waals surface area contributed by atoms with Crippen LogP contribution < -0.4 is 22.9 Å². The van der Waals surface area contributed by atoms with Crippen molar-refractivity contribution in [3.63, 3.8) is 0 Å². The second-order valence-electron chi connectivity index (χ2n) is 6.00. The van der Waals surface area contributed by atoms with Crippen LogP contribution in [0.3, 0.4) is 0 Å². The maximum Gasteiger partial charge on any atom is 0.0123 e. The van der Waals surface area contributed by atoms with Crippen LogP contribution in [-0.4, -0.2) is 25.2 Å². The van der Waals surface area contributed by atoms with E-state index in [1.807, 2.05) is 0 Å². The fourth-order valence-corrected chi connectivity index (χ4v) is 1.61. The summed E-state index contributed by atoms with van der Waals surface area (Å²) >= 11 is 0. The van der Waals surface area contributed by atoms with Crippen molar-refractivity contribution in [1.29, 1.82) is 0 Å². The Hall–Kier alpha value is -0.160. The summed E-state index contributed by atoms with van der Waals surface area (Å²) in [6, 6.07) is 0. The van der Waals surface area contributed by atoms with Gasteiger partial charge in [0, 0.05) is 5.54 Å². The van der Waals surface area contributed by atoms with Crippen molar-refractivity contribution in [2.75, 3.05) is 19.6 Å². The van der Waals surface area contributed by atoms with Crippen molar-refractivity contribution in [1.82, 2.24) is 0 Å². The normalized spacial score (nSPS) is 12.8. The lowest BCUT2D eigenvalue weighted by atomic mass is 9.86. The average Bonchev–Trinajstić information content (AvgIpc) is 2.34. The summed E-state index contributed by atoms with van der Waals surface area (Å²) in [6.07, 6.45) is 8.32. The molecule has 0 amide bonds. The molecule has 118 valence electrons. The topological polar surface area (TPSA) is 104 Å². The number of nitrogens with two attached hydrogens (primary N) is 4. The summed E-state index contributed by atoms with van der Waals surface area (Å²) in [5.74, 6) is 0.592. The molecule has 0 aliphatic heterocycles. The lowest BCUT2D eigenvalue weighted by Crippen LogP contribution is -2.39. The summed E-state index contributed by atoms with van der Waals surface area (Å²) in [5, 5.41) is 0. The second kappa shape index (κ2) is 14.3. The zero-order chi connectivity index (χ0) is 15.1. The minimum Gasteiger partial charge on any atom is -0.330 e. The van der Waals surface area contributed by atoms with Crippen molar-refractivity contribution in [2.45, 2.75) is 71.3 Å². The smallest absolute Gasteiger partial charge is 0.0123 e. The van der Waals surface area contributed by atoms with Crippen LogP contribution in [0.1, 0.15) is 65.7 Å². The van der Waals surface area contributed by atoms with Gasteiger partial charge in [-0.15, -0.1) is 0 Å². The SMILES string of the molecule is CC(CCCCN)C(C)(C)N.NCCCCCCN. The molecule has 8 N–H and O–H groups in total. The minimum absolute atomic E-state index is 0.0331. The molecule has 0 bridgehead atoms. The molecule has 1 atom stereocenters. The van der Waals surface area contributed by atoms with Gasteiger partial charge in [-0.05, 0) is 65.1 Å². The summed E-state index contributed by atoms with van der Waals surface area (Å²) < 4.78 is 0. The molecule has 0 saturated carbocycles. The standard InChI is InChI=1S/C9H22N2.C6H16N2/c1-8(9(2,3)11)6-4-5-7-10;7-5-3-1-2-4-6-8/h8H,4-7,10-11H2,1-3H3;1-8H2. The largest absolute Gasteiger partial charge is 0.330 e. The quantitative estimate of drug-likeness (QED) is 0.457. The number of unbranched alkanes of at least 4 members (excludes halogenated alkanes) is 4. The van der Waals surface area contributed by atoms with Crippen molar-refractivity contribution < 1.29 is 0 Å². The van der Waals surface area contributed by atoms with Gasteiger partial charge in [-0.25, -0.2) is 0 Å². The molecule has 0 rings (SSSR count). The highest BCUT2D eigenvalue weighted by Crippen LogP contribution is 2.18. The Kier molecular flexibility index (Phi) is 15.9. The molecule has 0 radical (unpaired) electrons. The molecular weight excluding hydrogens is 236 g/mol. The third kappa shape index (κ3) is 17.8. The molecular formula is C15H38N4. The van der Waals surface area contributed by atoms with Gasteiger partial charge in [-0.1, -0.05) is 26.2 Å². The molecule has 0 saturated heterocycles. The van der Waals surface area contributed by atoms with Gasteiger partial charge >= 0.3 is 0 Å². The number of hydrogen-bond donors (Lipinski definition) is 4. The predicted octanol–water partition coefficient (Wildman–Crippen LogP) is 1.95. The Balaban J connectivity index is 0. The van der Waals surface area contributed by atoms with E-state index < -0.39 is 0 Å². The van der Waals surface area contributed by atoms with Crippen molar-refractivity contribution in [3.8, 4) is 0 Å². The Morgan fingerprint density at radius 1 is 0.737 bits per heavy atom. The monoisotopic (exact) mass is 274 g/mol. The minimum atomic E-state index is -0.0331. The Bertz CT molecular complexity index is 160. The highest BCUT2D eigenvalue weighted by Gasteiger charge is 2.19. The first-order valence-corrected chi connectivity index (χ1v) is 7.79. The number of rotatable bonds is 10. The second-order valence-corrected chi connectivity index (χ2v) is 6.00. The zero-order valence-electron chi connectivity index (χ0n) is 13.5. The van der Waals surface area contributed by atoms with Gasteiger partial charge in [0.25, 0.3) is 0 Å². The molecule has 4 heteroatoms. The van der Waals surface area contributed by atoms with Gasteiger partial charge < -0.3 is 22.9 Å². The first-order valence-electron chi connectivity index (χ1n) is 7.79. The van der Waals surface area contributed by atoms with Crippen LogP contribution in [0.5, 0.6) is 0 Å². The van der Waals surface area contributed by atoms with E-state index in [1.54, 1.807) is 0 Å². The zero-order valence-corrected chi connectivity index (χ0v) is 13.5. The van der Waals surface area contributed by atoms with E-state index in [0.29, 0.717) is 5.92 Å². The molecule has 19 heavy (non-hydrogen) atoms. The summed E-state index contributed by atoms with van der Waals surface area (Å²) in [7, 11) is 0. The van der Waals surface area contributed by atoms with Crippen LogP contribution in [0, 0.1) is 5.92 Å². The lowest BCUT2D eigenvalue weighted by molar-refractivity contribution is 0.318. The molecule has 0 aromatic rings. The average molecular weight is 274 g/mol. The summed E-state index contributed by atoms with van der Waals surface area (Å²) in [4.78, 5) is 0. The molecule has 0 heterocycles. The van der Waals surface area contributed by atoms with E-state index in [9.17, 15) is 0 Å². The van der Waals surface area contributed by atoms with Gasteiger partial charge in [-0.2, -0.15) is 0 Å². The fourth-order valence-electron chi connectivity index (χ4n) is 1.61. The molecule has 0 fully saturated rings. The third-order valence-electron chi connectivity index (χ3n) is 3.52. The van der Waals surface area contributed by atoms with Crippen LogP contribution >= 0.6 is 0 Å². The molecule has 0 aliphatic rings. The highest BCUT2D eigenvalue weighted by atomic mass is 14.7. The van der Waals surface area contributed by atoms with Gasteiger partial charge in [-0.3, -0.25) is 0 Å². The third-order valence-corrected chi connectivity index (χ3v) is 3.52. The Morgan fingerprint density at radius 2 is 1.11 bits per heavy atom. The predicted molar refractivity (Wildman–Crippen MR) is 86.9 cm³/mol. The van der Waals surface area contributed by atoms with Crippen molar-refractivity contribution >= 4 is 0 Å². The van der Waals surface area contributed by atoms with Gasteiger partial charge in [0.05, 0.1) is 0 Å². The fraction of sp³-hybridized carbons (Fsp3) is 1.00. The summed E-state index contributed by atoms with van der Waals surface area (Å²) in [6.45, 7) is 8.82. The van der Waals surface area contributed by atoms with Crippen molar-refractivity contribution in [2.24, 2.45) is 28.9 Å². The maximum absolute atomic E-state index is 5.93. The van der Waals surface area contributed by atoms with E-state index in [1.165, 1.54) is 25.7 Å². The molecule has 0 aromatic heterocycles. The highest BCUT2D eigenvalue weighted by molar-refractivity contribution is 4.78. The van der Waals surface area contributed by atoms with Gasteiger partial charge in [0.1, 0.15) is 0 Å². The van der Waals surface area contributed by atoms with Crippen LogP contribution in [-0.2, 0) is 0 Å². The van der Waals surface area contributed by atoms with E-state index in [0.717, 1.165) is 38.9 Å². The van der Waals surface area contributed by atoms with Crippen molar-refractivity contribution in [3.05, 3.63) is 0 Å². The van der Waals surface area contributed by atoms with Gasteiger partial charge in [0.15, 0.2) is 0 Å². The molecule has 1 unspecified atom stereocenters. The Morgan fingerprint density at radius 3 is 1.42 bits per heavy atom. The van der Waals surface area contributed by atoms with E-state index in [-0.39, 0.29) is 5.54 Å². The van der Waals surface area contributed by atoms with E-state index in [4.69, 9.17) is 22.9 Å². The summed E-state index contributed by atoms with van der Waals surface area (Å²) in [5.41, 5.74) is 21.8. The molecule has 0 aromatic carbocycles. The van der Waals surface area contributed by atoms with Crippen LogP contribution in [0.4, 0.5) is 0 Å². The van der Waals surface area contributed by atoms with Crippen LogP contribution in [0.15, 0.2) is 0 Å². The molecule has 4 nitrogen and oxygen atoms in total. The van der Waals surface area contributed by atoms with Crippen LogP contribution in [0.2, 0.25) is 0 Å². The maximum atomic E-state index is 5.93. The lowest BCUT2D eigenvalue weighted by Gasteiger charge is -2.27. The Labute approximate surface area is 120 Å². The molecule has 0 spiro atoms. The first kappa shape index (κ1) is 21.1. The first-order chi connectivity index (χ1) is 8.90. The molecule has 0 aliphatic carbocycles. The van der Waals surface area contributed by atoms with Gasteiger partial charge in [0.2, 0.25) is 0 Å². The van der Waals surface area contributed by atoms with E-state index >= 15 is 0 Å². The van der Waals surface area contributed by atoms with Crippen LogP contribution in [0.25, 0.3) is 0 Å².